The van der Waals surface area contributed by atoms with Crippen LogP contribution in [0.4, 0.5) is 0 Å². The molecule has 1 atom stereocenters. The molecule has 1 amide bonds. The van der Waals surface area contributed by atoms with Crippen molar-refractivity contribution in [1.29, 1.82) is 0 Å². The second-order valence-corrected chi connectivity index (χ2v) is 5.92. The highest BCUT2D eigenvalue weighted by atomic mass is 79.9. The van der Waals surface area contributed by atoms with Gasteiger partial charge in [0.1, 0.15) is 5.75 Å². The van der Waals surface area contributed by atoms with Gasteiger partial charge in [0.15, 0.2) is 0 Å². The van der Waals surface area contributed by atoms with Gasteiger partial charge in [-0.25, -0.2) is 0 Å². The molecule has 2 N–H and O–H groups in total. The Morgan fingerprint density at radius 2 is 2.00 bits per heavy atom. The average Bonchev–Trinajstić information content (AvgIpc) is 2.26. The summed E-state index contributed by atoms with van der Waals surface area (Å²) in [6.45, 7) is 6.31. The van der Waals surface area contributed by atoms with Crippen LogP contribution in [0.15, 0.2) is 22.7 Å². The molecular weight excluding hydrogens is 294 g/mol. The highest BCUT2D eigenvalue weighted by molar-refractivity contribution is 9.10. The molecule has 0 aliphatic rings. The van der Waals surface area contributed by atoms with E-state index >= 15 is 0 Å². The first kappa shape index (κ1) is 15.0. The Balaban J connectivity index is 2.59. The first-order chi connectivity index (χ1) is 8.40. The van der Waals surface area contributed by atoms with Gasteiger partial charge in [-0.2, -0.15) is 0 Å². The van der Waals surface area contributed by atoms with E-state index in [4.69, 9.17) is 0 Å². The molecule has 0 bridgehead atoms. The molecule has 0 saturated carbocycles. The Morgan fingerprint density at radius 1 is 1.33 bits per heavy atom. The predicted octanol–water partition coefficient (Wildman–Crippen LogP) is 3.71. The van der Waals surface area contributed by atoms with Gasteiger partial charge < -0.3 is 10.4 Å². The molecule has 0 fully saturated rings. The molecule has 0 aliphatic heterocycles. The number of hydrogen-bond donors (Lipinski definition) is 2. The standard InChI is InChI=1S/C14H20BrNO2/c1-9(2)4-5-10(3)16-14(18)12-7-6-11(15)8-13(12)17/h6-10,17H,4-5H2,1-3H3,(H,16,18). The Hall–Kier alpha value is -1.03. The predicted molar refractivity (Wildman–Crippen MR) is 76.8 cm³/mol. The quantitative estimate of drug-likeness (QED) is 0.870. The number of halogens is 1. The Morgan fingerprint density at radius 3 is 2.56 bits per heavy atom. The van der Waals surface area contributed by atoms with E-state index in [1.165, 1.54) is 6.07 Å². The number of aromatic hydroxyl groups is 1. The van der Waals surface area contributed by atoms with Crippen molar-refractivity contribution in [2.24, 2.45) is 5.92 Å². The zero-order chi connectivity index (χ0) is 13.7. The Labute approximate surface area is 117 Å². The zero-order valence-electron chi connectivity index (χ0n) is 11.0. The van der Waals surface area contributed by atoms with Crippen LogP contribution in [0.25, 0.3) is 0 Å². The lowest BCUT2D eigenvalue weighted by Gasteiger charge is -2.15. The van der Waals surface area contributed by atoms with Gasteiger partial charge in [-0.15, -0.1) is 0 Å². The van der Waals surface area contributed by atoms with E-state index < -0.39 is 0 Å². The molecular formula is C14H20BrNO2. The minimum Gasteiger partial charge on any atom is -0.507 e. The Bertz CT molecular complexity index is 418. The number of amides is 1. The fourth-order valence-electron chi connectivity index (χ4n) is 1.65. The van der Waals surface area contributed by atoms with Crippen molar-refractivity contribution in [3.8, 4) is 5.75 Å². The number of phenols is 1. The van der Waals surface area contributed by atoms with E-state index in [1.54, 1.807) is 12.1 Å². The summed E-state index contributed by atoms with van der Waals surface area (Å²) < 4.78 is 0.754. The summed E-state index contributed by atoms with van der Waals surface area (Å²) in [6, 6.07) is 4.99. The van der Waals surface area contributed by atoms with Crippen LogP contribution in [-0.4, -0.2) is 17.1 Å². The van der Waals surface area contributed by atoms with E-state index in [1.807, 2.05) is 6.92 Å². The second kappa shape index (κ2) is 6.78. The van der Waals surface area contributed by atoms with Crippen molar-refractivity contribution in [3.63, 3.8) is 0 Å². The molecule has 1 unspecified atom stereocenters. The lowest BCUT2D eigenvalue weighted by molar-refractivity contribution is 0.0934. The third kappa shape index (κ3) is 4.69. The summed E-state index contributed by atoms with van der Waals surface area (Å²) in [5, 5.41) is 12.6. The minimum atomic E-state index is -0.226. The molecule has 1 aromatic carbocycles. The van der Waals surface area contributed by atoms with Crippen LogP contribution in [0.3, 0.4) is 0 Å². The van der Waals surface area contributed by atoms with Gasteiger partial charge in [0.25, 0.3) is 5.91 Å². The summed E-state index contributed by atoms with van der Waals surface area (Å²) in [5.74, 6) is 0.402. The van der Waals surface area contributed by atoms with Crippen LogP contribution < -0.4 is 5.32 Å². The van der Waals surface area contributed by atoms with Gasteiger partial charge >= 0.3 is 0 Å². The van der Waals surface area contributed by atoms with Crippen LogP contribution in [0.1, 0.15) is 44.0 Å². The van der Waals surface area contributed by atoms with Gasteiger partial charge in [-0.1, -0.05) is 29.8 Å². The van der Waals surface area contributed by atoms with Crippen LogP contribution in [0.5, 0.6) is 5.75 Å². The van der Waals surface area contributed by atoms with Crippen molar-refractivity contribution in [1.82, 2.24) is 5.32 Å². The van der Waals surface area contributed by atoms with Gasteiger partial charge in [0.05, 0.1) is 5.56 Å². The fraction of sp³-hybridized carbons (Fsp3) is 0.500. The van der Waals surface area contributed by atoms with Crippen molar-refractivity contribution in [2.75, 3.05) is 0 Å². The topological polar surface area (TPSA) is 49.3 Å². The maximum Gasteiger partial charge on any atom is 0.255 e. The first-order valence-corrected chi connectivity index (χ1v) is 6.98. The zero-order valence-corrected chi connectivity index (χ0v) is 12.6. The number of benzene rings is 1. The molecule has 4 heteroatoms. The molecule has 0 aliphatic carbocycles. The third-order valence-corrected chi connectivity index (χ3v) is 3.25. The number of nitrogens with one attached hydrogen (secondary N) is 1. The SMILES string of the molecule is CC(C)CCC(C)NC(=O)c1ccc(Br)cc1O. The molecule has 100 valence electrons. The minimum absolute atomic E-state index is 0.00191. The smallest absolute Gasteiger partial charge is 0.255 e. The number of rotatable bonds is 5. The average molecular weight is 314 g/mol. The first-order valence-electron chi connectivity index (χ1n) is 6.19. The van der Waals surface area contributed by atoms with E-state index in [0.717, 1.165) is 17.3 Å². The molecule has 0 radical (unpaired) electrons. The van der Waals surface area contributed by atoms with Gasteiger partial charge in [-0.05, 0) is 43.9 Å². The summed E-state index contributed by atoms with van der Waals surface area (Å²) in [6.07, 6.45) is 2.02. The van der Waals surface area contributed by atoms with Gasteiger partial charge in [0, 0.05) is 10.5 Å². The molecule has 3 nitrogen and oxygen atoms in total. The molecule has 0 heterocycles. The summed E-state index contributed by atoms with van der Waals surface area (Å²) in [5.41, 5.74) is 0.314. The fourth-order valence-corrected chi connectivity index (χ4v) is 2.00. The van der Waals surface area contributed by atoms with Gasteiger partial charge in [-0.3, -0.25) is 4.79 Å². The van der Waals surface area contributed by atoms with Crippen molar-refractivity contribution < 1.29 is 9.90 Å². The molecule has 1 rings (SSSR count). The molecule has 0 aromatic heterocycles. The summed E-state index contributed by atoms with van der Waals surface area (Å²) >= 11 is 3.25. The van der Waals surface area contributed by atoms with Crippen LogP contribution in [-0.2, 0) is 0 Å². The number of hydrogen-bond acceptors (Lipinski definition) is 2. The lowest BCUT2D eigenvalue weighted by atomic mass is 10.0. The van der Waals surface area contributed by atoms with E-state index in [0.29, 0.717) is 11.5 Å². The maximum atomic E-state index is 11.9. The monoisotopic (exact) mass is 313 g/mol. The Kier molecular flexibility index (Phi) is 5.66. The number of carbonyl (C=O) groups excluding carboxylic acids is 1. The van der Waals surface area contributed by atoms with Crippen LogP contribution in [0, 0.1) is 5.92 Å². The molecule has 0 saturated heterocycles. The highest BCUT2D eigenvalue weighted by Gasteiger charge is 2.13. The van der Waals surface area contributed by atoms with Crippen LogP contribution >= 0.6 is 15.9 Å². The van der Waals surface area contributed by atoms with E-state index in [-0.39, 0.29) is 17.7 Å². The molecule has 0 spiro atoms. The highest BCUT2D eigenvalue weighted by Crippen LogP contribution is 2.22. The third-order valence-electron chi connectivity index (χ3n) is 2.76. The maximum absolute atomic E-state index is 11.9. The molecule has 1 aromatic rings. The van der Waals surface area contributed by atoms with Crippen molar-refractivity contribution in [2.45, 2.75) is 39.7 Å². The number of carbonyl (C=O) groups is 1. The van der Waals surface area contributed by atoms with Crippen LogP contribution in [0.2, 0.25) is 0 Å². The van der Waals surface area contributed by atoms with E-state index in [2.05, 4.69) is 35.1 Å². The summed E-state index contributed by atoms with van der Waals surface area (Å²) in [7, 11) is 0. The van der Waals surface area contributed by atoms with Gasteiger partial charge in [0.2, 0.25) is 0 Å². The van der Waals surface area contributed by atoms with Crippen molar-refractivity contribution >= 4 is 21.8 Å². The summed E-state index contributed by atoms with van der Waals surface area (Å²) in [4.78, 5) is 11.9. The van der Waals surface area contributed by atoms with E-state index in [9.17, 15) is 9.90 Å². The lowest BCUT2D eigenvalue weighted by Crippen LogP contribution is -2.32. The second-order valence-electron chi connectivity index (χ2n) is 5.01. The number of phenolic OH excluding ortho intramolecular Hbond substituents is 1. The van der Waals surface area contributed by atoms with Crippen molar-refractivity contribution in [3.05, 3.63) is 28.2 Å². The largest absolute Gasteiger partial charge is 0.507 e. The normalized spacial score (nSPS) is 12.5. The molecule has 18 heavy (non-hydrogen) atoms.